The maximum absolute atomic E-state index is 4.12. The van der Waals surface area contributed by atoms with Gasteiger partial charge in [-0.05, 0) is 50.9 Å². The van der Waals surface area contributed by atoms with Crippen LogP contribution in [-0.4, -0.2) is 8.07 Å². The predicted molar refractivity (Wildman–Crippen MR) is 153 cm³/mol. The number of benzene rings is 4. The van der Waals surface area contributed by atoms with Crippen LogP contribution in [0.4, 0.5) is 0 Å². The van der Waals surface area contributed by atoms with Crippen LogP contribution in [-0.2, 0) is 21.7 Å². The first-order chi connectivity index (χ1) is 15.7. The minimum absolute atomic E-state index is 0. The van der Waals surface area contributed by atoms with Gasteiger partial charge in [0.25, 0.3) is 0 Å². The van der Waals surface area contributed by atoms with Crippen LogP contribution < -0.4 is 0 Å². The van der Waals surface area contributed by atoms with Gasteiger partial charge in [0.1, 0.15) is 0 Å². The molecule has 4 aromatic rings. The average molecular weight is 549 g/mol. The third-order valence-electron chi connectivity index (χ3n) is 7.87. The van der Waals surface area contributed by atoms with Gasteiger partial charge in [0.15, 0.2) is 0 Å². The van der Waals surface area contributed by atoms with Crippen molar-refractivity contribution in [2.75, 3.05) is 0 Å². The molecule has 0 fully saturated rings. The molecular formula is C31H30Cl2SiTi. The van der Waals surface area contributed by atoms with Crippen molar-refractivity contribution >= 4 is 32.9 Å². The van der Waals surface area contributed by atoms with Gasteiger partial charge in [-0.15, -0.1) is 31.4 Å². The molecular weight excluding hydrogens is 519 g/mol. The van der Waals surface area contributed by atoms with Crippen LogP contribution in [0.5, 0.6) is 0 Å². The van der Waals surface area contributed by atoms with Gasteiger partial charge < -0.3 is 0 Å². The number of allylic oxidation sites excluding steroid dienone is 1. The smallest absolute Gasteiger partial charge is 0.0764 e. The zero-order valence-corrected chi connectivity index (χ0v) is 24.1. The Kier molecular flexibility index (Phi) is 8.73. The number of hydrogen-bond acceptors (Lipinski definition) is 0. The predicted octanol–water partition coefficient (Wildman–Crippen LogP) is 9.19. The maximum atomic E-state index is 4.12. The molecule has 0 saturated carbocycles. The summed E-state index contributed by atoms with van der Waals surface area (Å²) in [5, 5.41) is 0. The molecule has 0 atom stereocenters. The molecule has 4 aromatic carbocycles. The van der Waals surface area contributed by atoms with Gasteiger partial charge in [0.2, 0.25) is 0 Å². The van der Waals surface area contributed by atoms with Crippen molar-refractivity contribution in [3.05, 3.63) is 132 Å². The number of fused-ring (bicyclic) bond motifs is 6. The Morgan fingerprint density at radius 3 is 1.17 bits per heavy atom. The molecule has 0 N–H and O–H groups in total. The van der Waals surface area contributed by atoms with Crippen LogP contribution in [0.1, 0.15) is 39.8 Å². The van der Waals surface area contributed by atoms with Gasteiger partial charge in [0, 0.05) is 32.8 Å². The second-order valence-electron chi connectivity index (χ2n) is 9.55. The fraction of sp³-hybridized carbons (Fsp3) is 0.161. The van der Waals surface area contributed by atoms with Gasteiger partial charge in [-0.1, -0.05) is 116 Å². The molecule has 0 nitrogen and oxygen atoms in total. The maximum Gasteiger partial charge on any atom is 0.0764 e. The summed E-state index contributed by atoms with van der Waals surface area (Å²) in [6, 6.07) is 37.8. The number of halogens is 2. The van der Waals surface area contributed by atoms with Gasteiger partial charge in [-0.2, -0.15) is 0 Å². The van der Waals surface area contributed by atoms with Crippen molar-refractivity contribution in [2.24, 2.45) is 0 Å². The van der Waals surface area contributed by atoms with E-state index in [-0.39, 0.29) is 46.5 Å². The van der Waals surface area contributed by atoms with Gasteiger partial charge >= 0.3 is 0 Å². The molecule has 0 radical (unpaired) electrons. The first-order valence-electron chi connectivity index (χ1n) is 11.7. The van der Waals surface area contributed by atoms with Crippen molar-refractivity contribution in [1.29, 1.82) is 0 Å². The average Bonchev–Trinajstić information content (AvgIpc) is 3.37. The van der Waals surface area contributed by atoms with Crippen molar-refractivity contribution in [2.45, 2.75) is 30.1 Å². The van der Waals surface area contributed by atoms with E-state index in [2.05, 4.69) is 116 Å². The molecule has 6 rings (SSSR count). The molecule has 0 spiro atoms. The standard InChI is InChI=1S/C31H28Si.2ClH.Ti/c1-3-4-21-32(2,30-26-17-9-5-13-22(26)23-14-6-10-18-27(23)30)31-28-19-11-7-15-24(28)25-16-8-12-20-29(25)31;;;/h3,5-20,30-31H,1,4,21H2,2H3;2*1H;. The summed E-state index contributed by atoms with van der Waals surface area (Å²) >= 11 is 0. The first kappa shape index (κ1) is 27.7. The fourth-order valence-corrected chi connectivity index (χ4v) is 12.2. The molecule has 0 aliphatic heterocycles. The monoisotopic (exact) mass is 548 g/mol. The van der Waals surface area contributed by atoms with Crippen LogP contribution in [0, 0.1) is 0 Å². The molecule has 4 heteroatoms. The van der Waals surface area contributed by atoms with Crippen LogP contribution in [0.15, 0.2) is 110 Å². The summed E-state index contributed by atoms with van der Waals surface area (Å²) in [7, 11) is -1.98. The van der Waals surface area contributed by atoms with E-state index < -0.39 is 8.07 Å². The molecule has 176 valence electrons. The Morgan fingerprint density at radius 2 is 0.886 bits per heavy atom. The minimum atomic E-state index is -1.98. The van der Waals surface area contributed by atoms with Crippen LogP contribution in [0.25, 0.3) is 22.3 Å². The van der Waals surface area contributed by atoms with E-state index in [0.717, 1.165) is 6.42 Å². The first-order valence-corrected chi connectivity index (χ1v) is 14.6. The second-order valence-corrected chi connectivity index (χ2v) is 14.2. The number of hydrogen-bond donors (Lipinski definition) is 0. The summed E-state index contributed by atoms with van der Waals surface area (Å²) in [6.07, 6.45) is 3.20. The zero-order valence-electron chi connectivity index (χ0n) is 19.9. The molecule has 0 heterocycles. The quantitative estimate of drug-likeness (QED) is 0.172. The topological polar surface area (TPSA) is 0 Å². The van der Waals surface area contributed by atoms with Crippen molar-refractivity contribution in [3.8, 4) is 22.3 Å². The summed E-state index contributed by atoms with van der Waals surface area (Å²) in [4.78, 5) is 0. The SMILES string of the molecule is C=CCC[Si](C)(C1c2ccccc2-c2ccccc21)C1c2ccccc2-c2ccccc21.Cl.Cl.[Ti]. The molecule has 35 heavy (non-hydrogen) atoms. The molecule has 0 unspecified atom stereocenters. The third kappa shape index (κ3) is 4.22. The van der Waals surface area contributed by atoms with Crippen molar-refractivity contribution in [1.82, 2.24) is 0 Å². The Morgan fingerprint density at radius 1 is 0.600 bits per heavy atom. The minimum Gasteiger partial charge on any atom is -0.147 e. The van der Waals surface area contributed by atoms with E-state index in [0.29, 0.717) is 11.1 Å². The molecule has 0 amide bonds. The molecule has 2 aliphatic rings. The van der Waals surface area contributed by atoms with E-state index >= 15 is 0 Å². The van der Waals surface area contributed by atoms with Gasteiger partial charge in [0.05, 0.1) is 8.07 Å². The van der Waals surface area contributed by atoms with E-state index in [4.69, 9.17) is 0 Å². The molecule has 2 aliphatic carbocycles. The Bertz CT molecular complexity index is 1160. The summed E-state index contributed by atoms with van der Waals surface area (Å²) in [5.41, 5.74) is 12.9. The van der Waals surface area contributed by atoms with Crippen LogP contribution >= 0.6 is 24.8 Å². The molecule has 0 saturated heterocycles. The second kappa shape index (κ2) is 11.0. The summed E-state index contributed by atoms with van der Waals surface area (Å²) < 4.78 is 0. The van der Waals surface area contributed by atoms with Crippen molar-refractivity contribution in [3.63, 3.8) is 0 Å². The number of rotatable bonds is 5. The Balaban J connectivity index is 0.00000114. The van der Waals surface area contributed by atoms with E-state index in [9.17, 15) is 0 Å². The van der Waals surface area contributed by atoms with E-state index in [1.54, 1.807) is 0 Å². The largest absolute Gasteiger partial charge is 0.147 e. The molecule has 0 aromatic heterocycles. The van der Waals surface area contributed by atoms with Crippen LogP contribution in [0.2, 0.25) is 12.6 Å². The third-order valence-corrected chi connectivity index (χ3v) is 13.1. The zero-order chi connectivity index (χ0) is 21.7. The summed E-state index contributed by atoms with van der Waals surface area (Å²) in [6.45, 7) is 6.79. The van der Waals surface area contributed by atoms with Crippen LogP contribution in [0.3, 0.4) is 0 Å². The van der Waals surface area contributed by atoms with E-state index in [1.165, 1.54) is 50.6 Å². The fourth-order valence-electron chi connectivity index (χ4n) is 6.60. The molecule has 0 bridgehead atoms. The van der Waals surface area contributed by atoms with Gasteiger partial charge in [-0.3, -0.25) is 0 Å². The Hall–Kier alpha value is -1.87. The normalized spacial score (nSPS) is 13.3. The summed E-state index contributed by atoms with van der Waals surface area (Å²) in [5.74, 6) is 0. The van der Waals surface area contributed by atoms with E-state index in [1.807, 2.05) is 0 Å². The Labute approximate surface area is 237 Å². The van der Waals surface area contributed by atoms with Crippen molar-refractivity contribution < 1.29 is 21.7 Å². The van der Waals surface area contributed by atoms with Gasteiger partial charge in [-0.25, -0.2) is 0 Å².